The van der Waals surface area contributed by atoms with Crippen molar-refractivity contribution >= 4 is 35.3 Å². The number of hydrogen-bond acceptors (Lipinski definition) is 5. The Hall–Kier alpha value is -2.06. The first-order valence-electron chi connectivity index (χ1n) is 7.33. The predicted molar refractivity (Wildman–Crippen MR) is 94.0 cm³/mol. The van der Waals surface area contributed by atoms with Gasteiger partial charge in [0.2, 0.25) is 5.91 Å². The molecule has 2 aromatic rings. The molecule has 0 radical (unpaired) electrons. The normalized spacial score (nSPS) is 11.8. The average Bonchev–Trinajstić information content (AvgIpc) is 2.89. The highest BCUT2D eigenvalue weighted by Crippen LogP contribution is 2.29. The summed E-state index contributed by atoms with van der Waals surface area (Å²) in [5, 5.41) is 13.7. The van der Waals surface area contributed by atoms with E-state index in [1.165, 1.54) is 11.8 Å². The van der Waals surface area contributed by atoms with Crippen molar-refractivity contribution in [2.24, 2.45) is 7.05 Å². The van der Waals surface area contributed by atoms with Crippen LogP contribution in [0.5, 0.6) is 0 Å². The molecule has 7 nitrogen and oxygen atoms in total. The molecule has 0 bridgehead atoms. The second kappa shape index (κ2) is 8.16. The van der Waals surface area contributed by atoms with Gasteiger partial charge in [-0.15, -0.1) is 10.2 Å². The van der Waals surface area contributed by atoms with E-state index in [4.69, 9.17) is 11.6 Å². The third-order valence-corrected chi connectivity index (χ3v) is 4.64. The average molecular weight is 368 g/mol. The summed E-state index contributed by atoms with van der Waals surface area (Å²) in [5.41, 5.74) is 0.764. The van der Waals surface area contributed by atoms with E-state index >= 15 is 0 Å². The number of halogens is 1. The quantitative estimate of drug-likeness (QED) is 0.792. The van der Waals surface area contributed by atoms with Gasteiger partial charge in [-0.3, -0.25) is 10.1 Å². The summed E-state index contributed by atoms with van der Waals surface area (Å²) in [6.07, 6.45) is 0. The monoisotopic (exact) mass is 367 g/mol. The van der Waals surface area contributed by atoms with Crippen LogP contribution in [0, 0.1) is 0 Å². The van der Waals surface area contributed by atoms with E-state index in [0.717, 1.165) is 5.56 Å². The Kier molecular flexibility index (Phi) is 6.22. The molecular formula is C15H18ClN5O2S. The third-order valence-electron chi connectivity index (χ3n) is 3.18. The van der Waals surface area contributed by atoms with E-state index in [0.29, 0.717) is 22.5 Å². The Morgan fingerprint density at radius 1 is 1.33 bits per heavy atom. The molecule has 1 aromatic heterocycles. The predicted octanol–water partition coefficient (Wildman–Crippen LogP) is 2.46. The van der Waals surface area contributed by atoms with Gasteiger partial charge < -0.3 is 9.88 Å². The number of carbonyl (C=O) groups is 2. The van der Waals surface area contributed by atoms with Crippen molar-refractivity contribution in [1.82, 2.24) is 25.4 Å². The van der Waals surface area contributed by atoms with E-state index < -0.39 is 17.2 Å². The van der Waals surface area contributed by atoms with E-state index in [1.54, 1.807) is 31.5 Å². The van der Waals surface area contributed by atoms with Crippen LogP contribution in [0.2, 0.25) is 5.02 Å². The van der Waals surface area contributed by atoms with Crippen molar-refractivity contribution in [2.45, 2.75) is 24.3 Å². The van der Waals surface area contributed by atoms with E-state index in [2.05, 4.69) is 20.8 Å². The molecule has 1 heterocycles. The number of rotatable bonds is 5. The number of amides is 3. The summed E-state index contributed by atoms with van der Waals surface area (Å²) in [6.45, 7) is 3.92. The fraction of sp³-hybridized carbons (Fsp3) is 0.333. The van der Waals surface area contributed by atoms with Crippen molar-refractivity contribution in [3.8, 4) is 11.4 Å². The molecule has 1 unspecified atom stereocenters. The number of urea groups is 1. The van der Waals surface area contributed by atoms with E-state index in [9.17, 15) is 9.59 Å². The molecule has 9 heteroatoms. The lowest BCUT2D eigenvalue weighted by atomic mass is 10.2. The van der Waals surface area contributed by atoms with Gasteiger partial charge in [0.1, 0.15) is 0 Å². The van der Waals surface area contributed by atoms with Gasteiger partial charge in [-0.05, 0) is 26.0 Å². The zero-order valence-corrected chi connectivity index (χ0v) is 15.1. The van der Waals surface area contributed by atoms with Gasteiger partial charge in [-0.2, -0.15) is 0 Å². The first-order valence-corrected chi connectivity index (χ1v) is 8.59. The lowest BCUT2D eigenvalue weighted by molar-refractivity contribution is -0.119. The summed E-state index contributed by atoms with van der Waals surface area (Å²) in [4.78, 5) is 23.4. The van der Waals surface area contributed by atoms with Crippen LogP contribution in [0.3, 0.4) is 0 Å². The van der Waals surface area contributed by atoms with Crippen molar-refractivity contribution in [1.29, 1.82) is 0 Å². The lowest BCUT2D eigenvalue weighted by Crippen LogP contribution is -2.42. The van der Waals surface area contributed by atoms with Gasteiger partial charge in [0.05, 0.1) is 10.3 Å². The number of imide groups is 1. The Balaban J connectivity index is 2.10. The van der Waals surface area contributed by atoms with Gasteiger partial charge >= 0.3 is 6.03 Å². The minimum absolute atomic E-state index is 0.395. The van der Waals surface area contributed by atoms with E-state index in [-0.39, 0.29) is 0 Å². The number of carbonyl (C=O) groups excluding carboxylic acids is 2. The first-order chi connectivity index (χ1) is 11.4. The molecule has 24 heavy (non-hydrogen) atoms. The van der Waals surface area contributed by atoms with Crippen molar-refractivity contribution in [3.05, 3.63) is 29.3 Å². The molecule has 3 amide bonds. The molecule has 1 atom stereocenters. The van der Waals surface area contributed by atoms with Crippen LogP contribution < -0.4 is 10.6 Å². The summed E-state index contributed by atoms with van der Waals surface area (Å²) >= 11 is 7.40. The molecule has 2 N–H and O–H groups in total. The Bertz CT molecular complexity index is 749. The van der Waals surface area contributed by atoms with Crippen LogP contribution in [0.15, 0.2) is 29.4 Å². The van der Waals surface area contributed by atoms with Crippen LogP contribution in [0.25, 0.3) is 11.4 Å². The first kappa shape index (κ1) is 18.3. The number of nitrogens with one attached hydrogen (secondary N) is 2. The second-order valence-corrected chi connectivity index (χ2v) is 6.67. The Morgan fingerprint density at radius 3 is 2.71 bits per heavy atom. The highest BCUT2D eigenvalue weighted by Gasteiger charge is 2.21. The fourth-order valence-corrected chi connectivity index (χ4v) is 2.96. The molecule has 0 spiro atoms. The van der Waals surface area contributed by atoms with E-state index in [1.807, 2.05) is 18.2 Å². The molecule has 1 aromatic carbocycles. The summed E-state index contributed by atoms with van der Waals surface area (Å²) < 4.78 is 1.77. The lowest BCUT2D eigenvalue weighted by Gasteiger charge is -2.11. The molecule has 0 fully saturated rings. The Morgan fingerprint density at radius 2 is 2.04 bits per heavy atom. The highest BCUT2D eigenvalue weighted by atomic mass is 35.5. The molecule has 2 rings (SSSR count). The van der Waals surface area contributed by atoms with Gasteiger partial charge in [0.25, 0.3) is 0 Å². The maximum absolute atomic E-state index is 12.0. The molecular weight excluding hydrogens is 350 g/mol. The van der Waals surface area contributed by atoms with Crippen LogP contribution in [0.1, 0.15) is 13.8 Å². The van der Waals surface area contributed by atoms with Gasteiger partial charge in [-0.25, -0.2) is 4.79 Å². The van der Waals surface area contributed by atoms with Crippen molar-refractivity contribution in [2.75, 3.05) is 6.54 Å². The summed E-state index contributed by atoms with van der Waals surface area (Å²) in [6, 6.07) is 6.83. The molecule has 0 aliphatic heterocycles. The van der Waals surface area contributed by atoms with Crippen LogP contribution >= 0.6 is 23.4 Å². The Labute approximate surface area is 149 Å². The van der Waals surface area contributed by atoms with Crippen LogP contribution in [0.4, 0.5) is 4.79 Å². The maximum atomic E-state index is 12.0. The van der Waals surface area contributed by atoms with Crippen LogP contribution in [-0.2, 0) is 11.8 Å². The van der Waals surface area contributed by atoms with Crippen LogP contribution in [-0.4, -0.2) is 38.5 Å². The smallest absolute Gasteiger partial charge is 0.321 e. The molecule has 128 valence electrons. The zero-order chi connectivity index (χ0) is 17.7. The molecule has 0 saturated heterocycles. The largest absolute Gasteiger partial charge is 0.338 e. The fourth-order valence-electron chi connectivity index (χ4n) is 1.92. The van der Waals surface area contributed by atoms with Crippen molar-refractivity contribution in [3.63, 3.8) is 0 Å². The molecule has 0 aliphatic carbocycles. The topological polar surface area (TPSA) is 88.9 Å². The standard InChI is InChI=1S/C15H18ClN5O2S/c1-4-17-14(23)18-13(22)9(2)24-15-20-19-12(21(15)3)10-7-5-6-8-11(10)16/h5-9H,4H2,1-3H3,(H2,17,18,22,23). The van der Waals surface area contributed by atoms with Gasteiger partial charge in [0, 0.05) is 19.2 Å². The van der Waals surface area contributed by atoms with Gasteiger partial charge in [0.15, 0.2) is 11.0 Å². The highest BCUT2D eigenvalue weighted by molar-refractivity contribution is 8.00. The number of thioether (sulfide) groups is 1. The minimum atomic E-state index is -0.510. The SMILES string of the molecule is CCNC(=O)NC(=O)C(C)Sc1nnc(-c2ccccc2Cl)n1C. The minimum Gasteiger partial charge on any atom is -0.338 e. The number of hydrogen-bond donors (Lipinski definition) is 2. The summed E-state index contributed by atoms with van der Waals surface area (Å²) in [7, 11) is 1.80. The summed E-state index contributed by atoms with van der Waals surface area (Å²) in [5.74, 6) is 0.215. The number of aromatic nitrogens is 3. The van der Waals surface area contributed by atoms with Gasteiger partial charge in [-0.1, -0.05) is 35.5 Å². The molecule has 0 aliphatic rings. The number of benzene rings is 1. The second-order valence-electron chi connectivity index (χ2n) is 4.95. The third kappa shape index (κ3) is 4.27. The maximum Gasteiger partial charge on any atom is 0.321 e. The zero-order valence-electron chi connectivity index (χ0n) is 13.5. The number of nitrogens with zero attached hydrogens (tertiary/aromatic N) is 3. The molecule has 0 saturated carbocycles. The van der Waals surface area contributed by atoms with Crippen molar-refractivity contribution < 1.29 is 9.59 Å².